The monoisotopic (exact) mass is 417 g/mol. The van der Waals surface area contributed by atoms with Crippen molar-refractivity contribution in [3.8, 4) is 0 Å². The molecule has 25 heavy (non-hydrogen) atoms. The molecule has 1 atom stereocenters. The highest BCUT2D eigenvalue weighted by atomic mass is 35.5. The van der Waals surface area contributed by atoms with E-state index < -0.39 is 0 Å². The van der Waals surface area contributed by atoms with Crippen molar-refractivity contribution in [2.45, 2.75) is 27.8 Å². The van der Waals surface area contributed by atoms with E-state index in [-0.39, 0.29) is 22.9 Å². The molecule has 0 aliphatic heterocycles. The van der Waals surface area contributed by atoms with Gasteiger partial charge in [-0.2, -0.15) is 0 Å². The lowest BCUT2D eigenvalue weighted by Gasteiger charge is -2.13. The number of benzene rings is 1. The maximum absolute atomic E-state index is 12.4. The zero-order valence-electron chi connectivity index (χ0n) is 13.5. The van der Waals surface area contributed by atoms with Crippen LogP contribution in [0.1, 0.15) is 13.3 Å². The Labute approximate surface area is 163 Å². The van der Waals surface area contributed by atoms with E-state index in [1.807, 2.05) is 19.1 Å². The first kappa shape index (κ1) is 20.0. The molecule has 2 aromatic rings. The second kappa shape index (κ2) is 10.0. The zero-order valence-corrected chi connectivity index (χ0v) is 16.7. The molecule has 0 radical (unpaired) electrons. The molecule has 0 aliphatic rings. The predicted octanol–water partition coefficient (Wildman–Crippen LogP) is 3.97. The van der Waals surface area contributed by atoms with Crippen molar-refractivity contribution in [2.24, 2.45) is 0 Å². The van der Waals surface area contributed by atoms with Crippen LogP contribution in [0.4, 0.5) is 5.13 Å². The number of hydrogen-bond donors (Lipinski definition) is 1. The minimum Gasteiger partial charge on any atom is -0.468 e. The summed E-state index contributed by atoms with van der Waals surface area (Å²) in [6.07, 6.45) is 0.669. The average Bonchev–Trinajstić information content (AvgIpc) is 3.06. The number of hydrogen-bond acceptors (Lipinski definition) is 8. The highest BCUT2D eigenvalue weighted by Crippen LogP contribution is 2.29. The van der Waals surface area contributed by atoms with Crippen LogP contribution < -0.4 is 5.32 Å². The lowest BCUT2D eigenvalue weighted by molar-refractivity contribution is -0.137. The molecule has 1 aromatic heterocycles. The number of aromatic nitrogens is 2. The quantitative estimate of drug-likeness (QED) is 0.395. The lowest BCUT2D eigenvalue weighted by Crippen LogP contribution is -2.24. The Morgan fingerprint density at radius 1 is 1.32 bits per heavy atom. The van der Waals surface area contributed by atoms with Gasteiger partial charge in [0.25, 0.3) is 0 Å². The fourth-order valence-corrected chi connectivity index (χ4v) is 4.35. The molecule has 6 nitrogen and oxygen atoms in total. The summed E-state index contributed by atoms with van der Waals surface area (Å²) in [4.78, 5) is 24.5. The summed E-state index contributed by atoms with van der Waals surface area (Å²) in [6, 6.07) is 7.36. The van der Waals surface area contributed by atoms with Crippen LogP contribution in [0.15, 0.2) is 33.5 Å². The molecule has 0 saturated heterocycles. The van der Waals surface area contributed by atoms with Crippen LogP contribution in [0, 0.1) is 0 Å². The fraction of sp³-hybridized carbons (Fsp3) is 0.333. The van der Waals surface area contributed by atoms with E-state index in [4.69, 9.17) is 11.6 Å². The topological polar surface area (TPSA) is 81.2 Å². The SMILES string of the molecule is CC[C@@H](Sc1ccc(Cl)cc1)C(=O)Nc1nnc(SCC(=O)OC)s1. The second-order valence-electron chi connectivity index (χ2n) is 4.70. The van der Waals surface area contributed by atoms with Gasteiger partial charge < -0.3 is 4.74 Å². The molecule has 0 aliphatic carbocycles. The van der Waals surface area contributed by atoms with E-state index in [2.05, 4.69) is 20.3 Å². The van der Waals surface area contributed by atoms with Gasteiger partial charge in [-0.05, 0) is 30.7 Å². The maximum Gasteiger partial charge on any atom is 0.316 e. The third-order valence-electron chi connectivity index (χ3n) is 2.93. The number of carbonyl (C=O) groups is 2. The van der Waals surface area contributed by atoms with Gasteiger partial charge in [-0.25, -0.2) is 0 Å². The van der Waals surface area contributed by atoms with Gasteiger partial charge in [0.1, 0.15) is 0 Å². The minimum atomic E-state index is -0.337. The highest BCUT2D eigenvalue weighted by molar-refractivity contribution is 8.01. The molecule has 0 spiro atoms. The minimum absolute atomic E-state index is 0.136. The third-order valence-corrected chi connectivity index (χ3v) is 6.51. The Kier molecular flexibility index (Phi) is 8.01. The molecule has 0 fully saturated rings. The molecular weight excluding hydrogens is 402 g/mol. The molecule has 0 unspecified atom stereocenters. The molecule has 134 valence electrons. The van der Waals surface area contributed by atoms with Crippen molar-refractivity contribution in [3.05, 3.63) is 29.3 Å². The van der Waals surface area contributed by atoms with Crippen molar-refractivity contribution >= 4 is 63.5 Å². The lowest BCUT2D eigenvalue weighted by atomic mass is 10.3. The molecule has 1 aromatic carbocycles. The van der Waals surface area contributed by atoms with Crippen LogP contribution >= 0.6 is 46.5 Å². The normalized spacial score (nSPS) is 11.8. The van der Waals surface area contributed by atoms with Gasteiger partial charge in [-0.1, -0.05) is 41.6 Å². The number of amides is 1. The standard InChI is InChI=1S/C15H16ClN3O3S3/c1-3-11(24-10-6-4-9(16)5-7-10)13(21)17-14-18-19-15(25-14)23-8-12(20)22-2/h4-7,11H,3,8H2,1-2H3,(H,17,18,21)/t11-/m1/s1. The summed E-state index contributed by atoms with van der Waals surface area (Å²) in [7, 11) is 1.33. The first-order valence-corrected chi connectivity index (χ1v) is 10.3. The third kappa shape index (κ3) is 6.50. The molecular formula is C15H16ClN3O3S3. The van der Waals surface area contributed by atoms with E-state index in [9.17, 15) is 9.59 Å². The number of methoxy groups -OCH3 is 1. The number of anilines is 1. The number of carbonyl (C=O) groups excluding carboxylic acids is 2. The second-order valence-corrected chi connectivity index (χ2v) is 8.61. The van der Waals surface area contributed by atoms with Gasteiger partial charge in [-0.3, -0.25) is 14.9 Å². The van der Waals surface area contributed by atoms with Crippen LogP contribution in [0.5, 0.6) is 0 Å². The van der Waals surface area contributed by atoms with Crippen LogP contribution in [-0.2, 0) is 14.3 Å². The van der Waals surface area contributed by atoms with Gasteiger partial charge in [0.2, 0.25) is 11.0 Å². The Bertz CT molecular complexity index is 724. The average molecular weight is 418 g/mol. The molecule has 0 saturated carbocycles. The van der Waals surface area contributed by atoms with Crippen molar-refractivity contribution in [3.63, 3.8) is 0 Å². The predicted molar refractivity (Wildman–Crippen MR) is 103 cm³/mol. The summed E-state index contributed by atoms with van der Waals surface area (Å²) in [5.41, 5.74) is 0. The number of nitrogens with zero attached hydrogens (tertiary/aromatic N) is 2. The molecule has 1 amide bonds. The van der Waals surface area contributed by atoms with Crippen LogP contribution in [-0.4, -0.2) is 40.2 Å². The van der Waals surface area contributed by atoms with E-state index in [0.29, 0.717) is 20.9 Å². The van der Waals surface area contributed by atoms with Crippen LogP contribution in [0.3, 0.4) is 0 Å². The van der Waals surface area contributed by atoms with E-state index in [1.165, 1.54) is 42.0 Å². The summed E-state index contributed by atoms with van der Waals surface area (Å²) in [5, 5.41) is 11.5. The number of thioether (sulfide) groups is 2. The van der Waals surface area contributed by atoms with E-state index in [0.717, 1.165) is 4.90 Å². The van der Waals surface area contributed by atoms with Gasteiger partial charge >= 0.3 is 5.97 Å². The Hall–Kier alpha value is -1.29. The van der Waals surface area contributed by atoms with Gasteiger partial charge in [-0.15, -0.1) is 22.0 Å². The molecule has 2 rings (SSSR count). The van der Waals surface area contributed by atoms with E-state index >= 15 is 0 Å². The molecule has 10 heteroatoms. The molecule has 1 N–H and O–H groups in total. The van der Waals surface area contributed by atoms with Crippen LogP contribution in [0.25, 0.3) is 0 Å². The summed E-state index contributed by atoms with van der Waals surface area (Å²) < 4.78 is 5.17. The van der Waals surface area contributed by atoms with E-state index in [1.54, 1.807) is 12.1 Å². The smallest absolute Gasteiger partial charge is 0.316 e. The number of rotatable bonds is 8. The van der Waals surface area contributed by atoms with Crippen molar-refractivity contribution < 1.29 is 14.3 Å². The number of nitrogens with one attached hydrogen (secondary N) is 1. The summed E-state index contributed by atoms with van der Waals surface area (Å²) >= 11 is 9.79. The van der Waals surface area contributed by atoms with Crippen molar-refractivity contribution in [1.29, 1.82) is 0 Å². The zero-order chi connectivity index (χ0) is 18.2. The fourth-order valence-electron chi connectivity index (χ4n) is 1.68. The largest absolute Gasteiger partial charge is 0.468 e. The summed E-state index contributed by atoms with van der Waals surface area (Å²) in [5.74, 6) is -0.317. The number of halogens is 1. The van der Waals surface area contributed by atoms with Crippen molar-refractivity contribution in [1.82, 2.24) is 10.2 Å². The van der Waals surface area contributed by atoms with Crippen molar-refractivity contribution in [2.75, 3.05) is 18.2 Å². The maximum atomic E-state index is 12.4. The van der Waals surface area contributed by atoms with Gasteiger partial charge in [0.15, 0.2) is 4.34 Å². The highest BCUT2D eigenvalue weighted by Gasteiger charge is 2.20. The van der Waals surface area contributed by atoms with Gasteiger partial charge in [0.05, 0.1) is 18.1 Å². The summed E-state index contributed by atoms with van der Waals surface area (Å²) in [6.45, 7) is 1.95. The Balaban J connectivity index is 1.91. The van der Waals surface area contributed by atoms with Gasteiger partial charge in [0, 0.05) is 9.92 Å². The first-order chi connectivity index (χ1) is 12.0. The Morgan fingerprint density at radius 2 is 2.04 bits per heavy atom. The Morgan fingerprint density at radius 3 is 2.68 bits per heavy atom. The number of ether oxygens (including phenoxy) is 1. The molecule has 1 heterocycles. The first-order valence-electron chi connectivity index (χ1n) is 7.28. The van der Waals surface area contributed by atoms with Crippen LogP contribution in [0.2, 0.25) is 5.02 Å². The molecule has 0 bridgehead atoms. The number of esters is 1.